The highest BCUT2D eigenvalue weighted by atomic mass is 15.3. The minimum atomic E-state index is 0.462. The van der Waals surface area contributed by atoms with Gasteiger partial charge in [0.2, 0.25) is 0 Å². The van der Waals surface area contributed by atoms with Gasteiger partial charge in [-0.25, -0.2) is 0 Å². The number of nitrogens with zero attached hydrogens (tertiary/aromatic N) is 2. The number of hydrogen-bond acceptors (Lipinski definition) is 2. The molecule has 2 rings (SSSR count). The molecule has 1 aromatic heterocycles. The number of hydrogen-bond donors (Lipinski definition) is 1. The van der Waals surface area contributed by atoms with Gasteiger partial charge in [0.1, 0.15) is 0 Å². The molecule has 1 aliphatic carbocycles. The Kier molecular flexibility index (Phi) is 5.44. The van der Waals surface area contributed by atoms with Gasteiger partial charge in [0.25, 0.3) is 0 Å². The molecule has 0 unspecified atom stereocenters. The normalized spacial score (nSPS) is 15.4. The van der Waals surface area contributed by atoms with Gasteiger partial charge in [0, 0.05) is 18.5 Å². The summed E-state index contributed by atoms with van der Waals surface area (Å²) in [5, 5.41) is 8.34. The fourth-order valence-electron chi connectivity index (χ4n) is 2.51. The van der Waals surface area contributed by atoms with E-state index in [1.807, 2.05) is 0 Å². The maximum atomic E-state index is 4.78. The zero-order valence-corrected chi connectivity index (χ0v) is 12.8. The van der Waals surface area contributed by atoms with Crippen molar-refractivity contribution in [2.24, 2.45) is 0 Å². The monoisotopic (exact) mass is 263 g/mol. The first-order valence-corrected chi connectivity index (χ1v) is 8.01. The van der Waals surface area contributed by atoms with Crippen molar-refractivity contribution in [3.8, 4) is 0 Å². The van der Waals surface area contributed by atoms with E-state index in [0.29, 0.717) is 6.04 Å². The third kappa shape index (κ3) is 4.34. The number of rotatable bonds is 9. The van der Waals surface area contributed by atoms with E-state index >= 15 is 0 Å². The summed E-state index contributed by atoms with van der Waals surface area (Å²) in [6.07, 6.45) is 7.97. The highest BCUT2D eigenvalue weighted by Crippen LogP contribution is 2.39. The Labute approximate surface area is 117 Å². The summed E-state index contributed by atoms with van der Waals surface area (Å²) in [5.41, 5.74) is 2.67. The van der Waals surface area contributed by atoms with Crippen LogP contribution in [0.5, 0.6) is 0 Å². The molecule has 108 valence electrons. The first-order valence-electron chi connectivity index (χ1n) is 8.01. The number of unbranched alkanes of at least 4 members (excludes halogenated alkanes) is 3. The van der Waals surface area contributed by atoms with E-state index in [0.717, 1.165) is 19.0 Å². The van der Waals surface area contributed by atoms with Crippen LogP contribution in [0.25, 0.3) is 0 Å². The fraction of sp³-hybridized carbons (Fsp3) is 0.812. The predicted molar refractivity (Wildman–Crippen MR) is 80.4 cm³/mol. The Morgan fingerprint density at radius 1 is 1.32 bits per heavy atom. The molecule has 1 aliphatic rings. The van der Waals surface area contributed by atoms with E-state index in [2.05, 4.69) is 36.8 Å². The van der Waals surface area contributed by atoms with Gasteiger partial charge >= 0.3 is 0 Å². The molecule has 0 spiro atoms. The summed E-state index contributed by atoms with van der Waals surface area (Å²) >= 11 is 0. The standard InChI is InChI=1S/C16H29N3/c1-4-5-6-7-10-17-12-15-11-16(14-8-9-14)18-19(15)13(2)3/h11,13-14,17H,4-10,12H2,1-3H3. The molecule has 1 aromatic rings. The van der Waals surface area contributed by atoms with Gasteiger partial charge in [-0.3, -0.25) is 4.68 Å². The average molecular weight is 263 g/mol. The van der Waals surface area contributed by atoms with E-state index in [1.165, 1.54) is 49.9 Å². The van der Waals surface area contributed by atoms with Crippen molar-refractivity contribution >= 4 is 0 Å². The Bertz CT molecular complexity index is 377. The summed E-state index contributed by atoms with van der Waals surface area (Å²) in [4.78, 5) is 0. The van der Waals surface area contributed by atoms with Crippen molar-refractivity contribution in [1.82, 2.24) is 15.1 Å². The lowest BCUT2D eigenvalue weighted by Gasteiger charge is -2.11. The minimum absolute atomic E-state index is 0.462. The van der Waals surface area contributed by atoms with Gasteiger partial charge in [-0.2, -0.15) is 5.10 Å². The smallest absolute Gasteiger partial charge is 0.0659 e. The van der Waals surface area contributed by atoms with Gasteiger partial charge in [-0.05, 0) is 45.7 Å². The Morgan fingerprint density at radius 2 is 2.11 bits per heavy atom. The van der Waals surface area contributed by atoms with Crippen molar-refractivity contribution < 1.29 is 0 Å². The molecule has 0 bridgehead atoms. The van der Waals surface area contributed by atoms with Crippen LogP contribution in [-0.2, 0) is 6.54 Å². The maximum Gasteiger partial charge on any atom is 0.0659 e. The molecule has 1 fully saturated rings. The fourth-order valence-corrected chi connectivity index (χ4v) is 2.51. The second-order valence-electron chi connectivity index (χ2n) is 6.11. The lowest BCUT2D eigenvalue weighted by Crippen LogP contribution is -2.18. The topological polar surface area (TPSA) is 29.9 Å². The molecule has 0 amide bonds. The lowest BCUT2D eigenvalue weighted by molar-refractivity contribution is 0.488. The van der Waals surface area contributed by atoms with Gasteiger partial charge in [0.05, 0.1) is 11.4 Å². The second-order valence-corrected chi connectivity index (χ2v) is 6.11. The van der Waals surface area contributed by atoms with E-state index < -0.39 is 0 Å². The molecule has 0 atom stereocenters. The number of aromatic nitrogens is 2. The summed E-state index contributed by atoms with van der Waals surface area (Å²) in [6, 6.07) is 2.78. The van der Waals surface area contributed by atoms with Crippen LogP contribution < -0.4 is 5.32 Å². The van der Waals surface area contributed by atoms with Gasteiger partial charge in [0.15, 0.2) is 0 Å². The van der Waals surface area contributed by atoms with Crippen LogP contribution in [0.3, 0.4) is 0 Å². The van der Waals surface area contributed by atoms with E-state index in [9.17, 15) is 0 Å². The van der Waals surface area contributed by atoms with Crippen molar-refractivity contribution in [2.45, 2.75) is 77.8 Å². The van der Waals surface area contributed by atoms with Crippen LogP contribution in [0.15, 0.2) is 6.07 Å². The molecule has 0 aromatic carbocycles. The molecule has 19 heavy (non-hydrogen) atoms. The van der Waals surface area contributed by atoms with Crippen molar-refractivity contribution in [3.05, 3.63) is 17.5 Å². The molecule has 0 radical (unpaired) electrons. The SMILES string of the molecule is CCCCCCNCc1cc(C2CC2)nn1C(C)C. The Hall–Kier alpha value is -0.830. The first-order chi connectivity index (χ1) is 9.22. The molecular formula is C16H29N3. The summed E-state index contributed by atoms with van der Waals surface area (Å²) in [6.45, 7) is 8.78. The van der Waals surface area contributed by atoms with Crippen LogP contribution in [-0.4, -0.2) is 16.3 Å². The van der Waals surface area contributed by atoms with E-state index in [1.54, 1.807) is 0 Å². The zero-order chi connectivity index (χ0) is 13.7. The van der Waals surface area contributed by atoms with Crippen LogP contribution in [0.1, 0.15) is 82.6 Å². The molecule has 1 heterocycles. The van der Waals surface area contributed by atoms with Gasteiger partial charge in [-0.15, -0.1) is 0 Å². The summed E-state index contributed by atoms with van der Waals surface area (Å²) < 4.78 is 2.20. The Balaban J connectivity index is 1.81. The van der Waals surface area contributed by atoms with Crippen molar-refractivity contribution in [3.63, 3.8) is 0 Å². The van der Waals surface area contributed by atoms with Crippen LogP contribution in [0, 0.1) is 0 Å². The maximum absolute atomic E-state index is 4.78. The van der Waals surface area contributed by atoms with Gasteiger partial charge < -0.3 is 5.32 Å². The molecule has 0 saturated heterocycles. The quantitative estimate of drug-likeness (QED) is 0.682. The molecule has 3 heteroatoms. The van der Waals surface area contributed by atoms with Gasteiger partial charge in [-0.1, -0.05) is 26.2 Å². The zero-order valence-electron chi connectivity index (χ0n) is 12.8. The molecule has 3 nitrogen and oxygen atoms in total. The highest BCUT2D eigenvalue weighted by Gasteiger charge is 2.27. The molecule has 0 aliphatic heterocycles. The van der Waals surface area contributed by atoms with Crippen LogP contribution >= 0.6 is 0 Å². The van der Waals surface area contributed by atoms with Crippen molar-refractivity contribution in [2.75, 3.05) is 6.54 Å². The summed E-state index contributed by atoms with van der Waals surface area (Å²) in [5.74, 6) is 0.753. The largest absolute Gasteiger partial charge is 0.311 e. The van der Waals surface area contributed by atoms with Crippen LogP contribution in [0.4, 0.5) is 0 Å². The lowest BCUT2D eigenvalue weighted by atomic mass is 10.2. The summed E-state index contributed by atoms with van der Waals surface area (Å²) in [7, 11) is 0. The average Bonchev–Trinajstić information content (AvgIpc) is 3.14. The first kappa shape index (κ1) is 14.6. The van der Waals surface area contributed by atoms with Crippen LogP contribution in [0.2, 0.25) is 0 Å². The van der Waals surface area contributed by atoms with E-state index in [-0.39, 0.29) is 0 Å². The Morgan fingerprint density at radius 3 is 2.74 bits per heavy atom. The number of nitrogens with one attached hydrogen (secondary N) is 1. The predicted octanol–water partition coefficient (Wildman–Crippen LogP) is 4.01. The third-order valence-electron chi connectivity index (χ3n) is 3.83. The van der Waals surface area contributed by atoms with E-state index in [4.69, 9.17) is 5.10 Å². The third-order valence-corrected chi connectivity index (χ3v) is 3.83. The molecular weight excluding hydrogens is 234 g/mol. The molecule has 1 N–H and O–H groups in total. The minimum Gasteiger partial charge on any atom is -0.311 e. The molecule has 1 saturated carbocycles. The second kappa shape index (κ2) is 7.09. The highest BCUT2D eigenvalue weighted by molar-refractivity contribution is 5.19. The van der Waals surface area contributed by atoms with Crippen molar-refractivity contribution in [1.29, 1.82) is 0 Å².